The van der Waals surface area contributed by atoms with Crippen molar-refractivity contribution in [2.24, 2.45) is 0 Å². The molecule has 37 heavy (non-hydrogen) atoms. The summed E-state index contributed by atoms with van der Waals surface area (Å²) in [5.41, 5.74) is 2.80. The number of aryl methyl sites for hydroxylation is 1. The maximum Gasteiger partial charge on any atom is 0.392 e. The van der Waals surface area contributed by atoms with Crippen molar-refractivity contribution in [3.8, 4) is 0 Å². The van der Waals surface area contributed by atoms with Gasteiger partial charge in [0.2, 0.25) is 5.95 Å². The van der Waals surface area contributed by atoms with Gasteiger partial charge < -0.3 is 15.4 Å². The van der Waals surface area contributed by atoms with E-state index in [1.807, 2.05) is 0 Å². The third-order valence-electron chi connectivity index (χ3n) is 7.35. The fourth-order valence-corrected chi connectivity index (χ4v) is 5.55. The molecular formula is C26H28F4N6O. The van der Waals surface area contributed by atoms with Gasteiger partial charge in [-0.15, -0.1) is 5.10 Å². The zero-order valence-electron chi connectivity index (χ0n) is 20.2. The van der Waals surface area contributed by atoms with Gasteiger partial charge in [0, 0.05) is 25.3 Å². The number of fused-ring (bicyclic) bond motifs is 3. The van der Waals surface area contributed by atoms with Gasteiger partial charge in [-0.1, -0.05) is 11.6 Å². The van der Waals surface area contributed by atoms with Crippen molar-refractivity contribution in [1.29, 1.82) is 0 Å². The Labute approximate surface area is 211 Å². The number of nitrogens with one attached hydrogen (secondary N) is 2. The molecule has 0 amide bonds. The Hall–Kier alpha value is -3.05. The Balaban J connectivity index is 1.46. The number of nitrogens with zero attached hydrogens (tertiary/aromatic N) is 4. The lowest BCUT2D eigenvalue weighted by atomic mass is 9.91. The summed E-state index contributed by atoms with van der Waals surface area (Å²) in [5.74, 6) is -0.0586. The zero-order chi connectivity index (χ0) is 25.6. The summed E-state index contributed by atoms with van der Waals surface area (Å²) in [4.78, 5) is 8.94. The Bertz CT molecular complexity index is 1320. The van der Waals surface area contributed by atoms with E-state index in [1.165, 1.54) is 6.20 Å². The first-order valence-corrected chi connectivity index (χ1v) is 12.8. The minimum atomic E-state index is -4.38. The molecule has 2 N–H and O–H groups in total. The van der Waals surface area contributed by atoms with Gasteiger partial charge in [-0.2, -0.15) is 17.6 Å². The normalized spacial score (nSPS) is 21.0. The minimum Gasteiger partial charge on any atom is -0.363 e. The maximum atomic E-state index is 15.4. The largest absolute Gasteiger partial charge is 0.392 e. The third kappa shape index (κ3) is 4.82. The summed E-state index contributed by atoms with van der Waals surface area (Å²) in [7, 11) is 0. The van der Waals surface area contributed by atoms with Gasteiger partial charge >= 0.3 is 6.18 Å². The van der Waals surface area contributed by atoms with Gasteiger partial charge in [0.25, 0.3) is 0 Å². The fraction of sp³-hybridized carbons (Fsp3) is 0.500. The second-order valence-electron chi connectivity index (χ2n) is 9.95. The van der Waals surface area contributed by atoms with E-state index in [4.69, 9.17) is 4.74 Å². The highest BCUT2D eigenvalue weighted by Gasteiger charge is 2.33. The third-order valence-corrected chi connectivity index (χ3v) is 7.35. The second-order valence-corrected chi connectivity index (χ2v) is 9.95. The number of hydrogen-bond donors (Lipinski definition) is 2. The number of ether oxygens (including phenoxy) is 1. The summed E-state index contributed by atoms with van der Waals surface area (Å²) in [5, 5.41) is 10.9. The van der Waals surface area contributed by atoms with Crippen LogP contribution in [-0.4, -0.2) is 51.7 Å². The Morgan fingerprint density at radius 3 is 2.62 bits per heavy atom. The summed E-state index contributed by atoms with van der Waals surface area (Å²) in [6.45, 7) is 2.23. The smallest absolute Gasteiger partial charge is 0.363 e. The van der Waals surface area contributed by atoms with E-state index < -0.39 is 18.5 Å². The van der Waals surface area contributed by atoms with Crippen LogP contribution in [-0.2, 0) is 11.2 Å². The van der Waals surface area contributed by atoms with Crippen molar-refractivity contribution < 1.29 is 22.3 Å². The van der Waals surface area contributed by atoms with E-state index >= 15 is 4.39 Å². The first-order valence-electron chi connectivity index (χ1n) is 12.8. The van der Waals surface area contributed by atoms with Crippen LogP contribution in [0.15, 0.2) is 30.1 Å². The number of hydrogen-bond acceptors (Lipinski definition) is 6. The monoisotopic (exact) mass is 516 g/mol. The van der Waals surface area contributed by atoms with Crippen molar-refractivity contribution in [1.82, 2.24) is 25.1 Å². The summed E-state index contributed by atoms with van der Waals surface area (Å²) < 4.78 is 63.7. The number of anilines is 1. The molecule has 0 radical (unpaired) electrons. The Morgan fingerprint density at radius 2 is 1.95 bits per heavy atom. The molecule has 0 spiro atoms. The molecule has 3 aromatic rings. The van der Waals surface area contributed by atoms with Crippen molar-refractivity contribution in [3.63, 3.8) is 0 Å². The van der Waals surface area contributed by atoms with E-state index in [2.05, 4.69) is 25.7 Å². The topological polar surface area (TPSA) is 76.9 Å². The van der Waals surface area contributed by atoms with Crippen LogP contribution >= 0.6 is 0 Å². The van der Waals surface area contributed by atoms with E-state index in [9.17, 15) is 13.2 Å². The van der Waals surface area contributed by atoms with Gasteiger partial charge in [0.1, 0.15) is 5.82 Å². The number of allylic oxidation sites excluding steroid dienone is 1. The molecule has 7 nitrogen and oxygen atoms in total. The Morgan fingerprint density at radius 1 is 1.08 bits per heavy atom. The van der Waals surface area contributed by atoms with Crippen LogP contribution in [0.3, 0.4) is 0 Å². The van der Waals surface area contributed by atoms with Crippen molar-refractivity contribution >= 4 is 22.3 Å². The molecule has 1 unspecified atom stereocenters. The van der Waals surface area contributed by atoms with Crippen LogP contribution < -0.4 is 10.6 Å². The number of alkyl halides is 3. The van der Waals surface area contributed by atoms with Crippen molar-refractivity contribution in [2.75, 3.05) is 25.0 Å². The van der Waals surface area contributed by atoms with Gasteiger partial charge in [0.05, 0.1) is 41.5 Å². The molecule has 0 saturated carbocycles. The lowest BCUT2D eigenvalue weighted by Crippen LogP contribution is -2.51. The first kappa shape index (κ1) is 24.3. The lowest BCUT2D eigenvalue weighted by Gasteiger charge is -2.28. The predicted octanol–water partition coefficient (Wildman–Crippen LogP) is 5.14. The highest BCUT2D eigenvalue weighted by molar-refractivity contribution is 5.92. The molecule has 11 heteroatoms. The summed E-state index contributed by atoms with van der Waals surface area (Å²) in [6, 6.07) is 3.77. The molecule has 2 aliphatic heterocycles. The minimum absolute atomic E-state index is 0.238. The van der Waals surface area contributed by atoms with Gasteiger partial charge in [-0.05, 0) is 55.7 Å². The first-order chi connectivity index (χ1) is 17.9. The van der Waals surface area contributed by atoms with Crippen LogP contribution in [0.4, 0.5) is 23.4 Å². The van der Waals surface area contributed by atoms with Crippen LogP contribution in [0.1, 0.15) is 61.6 Å². The van der Waals surface area contributed by atoms with Crippen LogP contribution in [0.2, 0.25) is 0 Å². The van der Waals surface area contributed by atoms with Gasteiger partial charge in [-0.25, -0.2) is 9.67 Å². The quantitative estimate of drug-likeness (QED) is 0.458. The SMILES string of the molecule is Fc1nn(C2CCCCO2)c2ccc3c(c12)CCCC(CC(F)(F)F)=C3c1cnc(NC2CNC2)cn1. The van der Waals surface area contributed by atoms with Crippen LogP contribution in [0.5, 0.6) is 0 Å². The fourth-order valence-electron chi connectivity index (χ4n) is 5.55. The molecule has 1 aliphatic carbocycles. The van der Waals surface area contributed by atoms with Gasteiger partial charge in [-0.3, -0.25) is 4.98 Å². The molecule has 1 atom stereocenters. The number of halogens is 4. The molecule has 1 aromatic carbocycles. The predicted molar refractivity (Wildman–Crippen MR) is 130 cm³/mol. The highest BCUT2D eigenvalue weighted by atomic mass is 19.4. The van der Waals surface area contributed by atoms with Crippen LogP contribution in [0.25, 0.3) is 16.5 Å². The maximum absolute atomic E-state index is 15.4. The zero-order valence-corrected chi connectivity index (χ0v) is 20.2. The molecule has 196 valence electrons. The molecule has 4 heterocycles. The standard InChI is InChI=1S/C26H28F4N6O/c27-25-24-17-5-3-4-15(10-26(28,29)30)23(19-13-33-21(14-32-19)34-16-11-31-12-16)18(17)7-8-20(24)36(35-25)22-6-1-2-9-37-22/h7-8,13-14,16,22,31H,1-6,9-12H2,(H,33,34). The molecule has 3 aliphatic rings. The van der Waals surface area contributed by atoms with E-state index in [0.717, 1.165) is 32.4 Å². The van der Waals surface area contributed by atoms with E-state index in [-0.39, 0.29) is 24.3 Å². The second kappa shape index (κ2) is 9.68. The average Bonchev–Trinajstić information content (AvgIpc) is 3.08. The van der Waals surface area contributed by atoms with E-state index in [0.29, 0.717) is 58.6 Å². The van der Waals surface area contributed by atoms with Gasteiger partial charge in [0.15, 0.2) is 6.23 Å². The lowest BCUT2D eigenvalue weighted by molar-refractivity contribution is -0.127. The molecule has 2 aromatic heterocycles. The van der Waals surface area contributed by atoms with Crippen LogP contribution in [0, 0.1) is 5.95 Å². The van der Waals surface area contributed by atoms with E-state index in [1.54, 1.807) is 23.0 Å². The summed E-state index contributed by atoms with van der Waals surface area (Å²) in [6.07, 6.45) is 1.08. The number of benzene rings is 1. The molecule has 2 saturated heterocycles. The number of aromatic nitrogens is 4. The number of rotatable bonds is 5. The molecule has 6 rings (SSSR count). The molecule has 0 bridgehead atoms. The Kier molecular flexibility index (Phi) is 6.36. The molecular weight excluding hydrogens is 488 g/mol. The average molecular weight is 517 g/mol. The highest BCUT2D eigenvalue weighted by Crippen LogP contribution is 2.42. The van der Waals surface area contributed by atoms with Crippen molar-refractivity contribution in [2.45, 2.75) is 63.4 Å². The summed E-state index contributed by atoms with van der Waals surface area (Å²) >= 11 is 0. The molecule has 2 fully saturated rings. The van der Waals surface area contributed by atoms with Crippen molar-refractivity contribution in [3.05, 3.63) is 52.9 Å².